The molecule has 0 aliphatic carbocycles. The molecule has 0 saturated carbocycles. The standard InChI is InChI=1S/C15H14ClN3O2/c1-10-6-7-13(17-8-10)19-14(20)9-18-15(21)11-4-2-3-5-12(11)16/h2-8H,9H2,1H3,(H,18,21)(H,17,19,20). The maximum Gasteiger partial charge on any atom is 0.253 e. The van der Waals surface area contributed by atoms with Gasteiger partial charge in [-0.25, -0.2) is 4.98 Å². The van der Waals surface area contributed by atoms with E-state index in [2.05, 4.69) is 15.6 Å². The van der Waals surface area contributed by atoms with Crippen LogP contribution in [-0.2, 0) is 4.79 Å². The van der Waals surface area contributed by atoms with Crippen LogP contribution in [0.2, 0.25) is 5.02 Å². The van der Waals surface area contributed by atoms with Crippen LogP contribution in [0.4, 0.5) is 5.82 Å². The number of carbonyl (C=O) groups excluding carboxylic acids is 2. The van der Waals surface area contributed by atoms with E-state index in [1.807, 2.05) is 13.0 Å². The van der Waals surface area contributed by atoms with E-state index < -0.39 is 5.91 Å². The van der Waals surface area contributed by atoms with Crippen LogP contribution in [0.5, 0.6) is 0 Å². The Labute approximate surface area is 127 Å². The minimum Gasteiger partial charge on any atom is -0.343 e. The number of rotatable bonds is 4. The van der Waals surface area contributed by atoms with E-state index in [9.17, 15) is 9.59 Å². The van der Waals surface area contributed by atoms with Crippen LogP contribution in [0.3, 0.4) is 0 Å². The quantitative estimate of drug-likeness (QED) is 0.911. The van der Waals surface area contributed by atoms with Crippen LogP contribution in [0.1, 0.15) is 15.9 Å². The van der Waals surface area contributed by atoms with E-state index in [4.69, 9.17) is 11.6 Å². The molecule has 0 saturated heterocycles. The molecule has 21 heavy (non-hydrogen) atoms. The van der Waals surface area contributed by atoms with Crippen molar-refractivity contribution < 1.29 is 9.59 Å². The maximum absolute atomic E-state index is 11.9. The lowest BCUT2D eigenvalue weighted by atomic mass is 10.2. The second-order valence-corrected chi connectivity index (χ2v) is 4.84. The first-order chi connectivity index (χ1) is 10.1. The molecule has 2 rings (SSSR count). The molecule has 2 amide bonds. The van der Waals surface area contributed by atoms with E-state index in [1.54, 1.807) is 36.5 Å². The molecule has 0 bridgehead atoms. The van der Waals surface area contributed by atoms with Gasteiger partial charge in [-0.15, -0.1) is 0 Å². The fourth-order valence-corrected chi connectivity index (χ4v) is 1.85. The normalized spacial score (nSPS) is 10.0. The van der Waals surface area contributed by atoms with Crippen molar-refractivity contribution in [2.75, 3.05) is 11.9 Å². The van der Waals surface area contributed by atoms with Crippen molar-refractivity contribution in [3.63, 3.8) is 0 Å². The number of aromatic nitrogens is 1. The molecular formula is C15H14ClN3O2. The van der Waals surface area contributed by atoms with Gasteiger partial charge in [0.1, 0.15) is 5.82 Å². The molecule has 0 spiro atoms. The number of nitrogens with zero attached hydrogens (tertiary/aromatic N) is 1. The predicted molar refractivity (Wildman–Crippen MR) is 81.4 cm³/mol. The molecule has 1 aromatic heterocycles. The lowest BCUT2D eigenvalue weighted by molar-refractivity contribution is -0.115. The Morgan fingerprint density at radius 1 is 1.19 bits per heavy atom. The van der Waals surface area contributed by atoms with Crippen molar-refractivity contribution in [1.29, 1.82) is 0 Å². The molecule has 2 aromatic rings. The first kappa shape index (κ1) is 15.0. The third-order valence-electron chi connectivity index (χ3n) is 2.71. The van der Waals surface area contributed by atoms with Crippen LogP contribution >= 0.6 is 11.6 Å². The molecule has 0 aliphatic heterocycles. The molecule has 0 aliphatic rings. The second kappa shape index (κ2) is 6.85. The van der Waals surface area contributed by atoms with Gasteiger partial charge in [0.05, 0.1) is 17.1 Å². The van der Waals surface area contributed by atoms with Crippen molar-refractivity contribution in [1.82, 2.24) is 10.3 Å². The van der Waals surface area contributed by atoms with Gasteiger partial charge in [-0.1, -0.05) is 29.8 Å². The van der Waals surface area contributed by atoms with Crippen molar-refractivity contribution in [2.24, 2.45) is 0 Å². The smallest absolute Gasteiger partial charge is 0.253 e. The van der Waals surface area contributed by atoms with Crippen LogP contribution in [0.25, 0.3) is 0 Å². The highest BCUT2D eigenvalue weighted by Crippen LogP contribution is 2.14. The zero-order valence-electron chi connectivity index (χ0n) is 11.4. The number of anilines is 1. The largest absolute Gasteiger partial charge is 0.343 e. The minimum atomic E-state index is -0.396. The number of amides is 2. The monoisotopic (exact) mass is 303 g/mol. The van der Waals surface area contributed by atoms with Gasteiger partial charge in [0.25, 0.3) is 5.91 Å². The summed E-state index contributed by atoms with van der Waals surface area (Å²) in [6.07, 6.45) is 1.65. The Balaban J connectivity index is 1.88. The Morgan fingerprint density at radius 2 is 1.95 bits per heavy atom. The number of carbonyl (C=O) groups is 2. The summed E-state index contributed by atoms with van der Waals surface area (Å²) in [6, 6.07) is 10.2. The van der Waals surface area contributed by atoms with Gasteiger partial charge in [0.15, 0.2) is 0 Å². The predicted octanol–water partition coefficient (Wildman–Crippen LogP) is 2.41. The maximum atomic E-state index is 11.9. The zero-order chi connectivity index (χ0) is 15.2. The third kappa shape index (κ3) is 4.29. The zero-order valence-corrected chi connectivity index (χ0v) is 12.1. The first-order valence-electron chi connectivity index (χ1n) is 6.31. The third-order valence-corrected chi connectivity index (χ3v) is 3.04. The first-order valence-corrected chi connectivity index (χ1v) is 6.69. The second-order valence-electron chi connectivity index (χ2n) is 4.43. The topological polar surface area (TPSA) is 71.1 Å². The fraction of sp³-hybridized carbons (Fsp3) is 0.133. The van der Waals surface area contributed by atoms with Crippen molar-refractivity contribution >= 4 is 29.2 Å². The van der Waals surface area contributed by atoms with E-state index >= 15 is 0 Å². The highest BCUT2D eigenvalue weighted by Gasteiger charge is 2.11. The molecule has 0 fully saturated rings. The van der Waals surface area contributed by atoms with Crippen molar-refractivity contribution in [3.8, 4) is 0 Å². The molecule has 0 unspecified atom stereocenters. The number of hydrogen-bond acceptors (Lipinski definition) is 3. The van der Waals surface area contributed by atoms with E-state index in [-0.39, 0.29) is 12.5 Å². The summed E-state index contributed by atoms with van der Waals surface area (Å²) >= 11 is 5.91. The number of hydrogen-bond donors (Lipinski definition) is 2. The van der Waals surface area contributed by atoms with Crippen molar-refractivity contribution in [2.45, 2.75) is 6.92 Å². The minimum absolute atomic E-state index is 0.153. The van der Waals surface area contributed by atoms with E-state index in [0.717, 1.165) is 5.56 Å². The van der Waals surface area contributed by atoms with Crippen molar-refractivity contribution in [3.05, 3.63) is 58.7 Å². The molecular weight excluding hydrogens is 290 g/mol. The summed E-state index contributed by atoms with van der Waals surface area (Å²) in [5.41, 5.74) is 1.33. The van der Waals surface area contributed by atoms with Gasteiger partial charge in [0, 0.05) is 6.20 Å². The van der Waals surface area contributed by atoms with E-state index in [0.29, 0.717) is 16.4 Å². The Morgan fingerprint density at radius 3 is 2.62 bits per heavy atom. The number of pyridine rings is 1. The molecule has 5 nitrogen and oxygen atoms in total. The van der Waals surface area contributed by atoms with Gasteiger partial charge in [-0.3, -0.25) is 9.59 Å². The summed E-state index contributed by atoms with van der Waals surface area (Å²) in [6.45, 7) is 1.75. The summed E-state index contributed by atoms with van der Waals surface area (Å²) in [5.74, 6) is -0.308. The molecule has 108 valence electrons. The Bertz CT molecular complexity index is 656. The summed E-state index contributed by atoms with van der Waals surface area (Å²) < 4.78 is 0. The highest BCUT2D eigenvalue weighted by atomic mass is 35.5. The fourth-order valence-electron chi connectivity index (χ4n) is 1.63. The van der Waals surface area contributed by atoms with Crippen LogP contribution in [0, 0.1) is 6.92 Å². The van der Waals surface area contributed by atoms with Gasteiger partial charge in [-0.05, 0) is 30.7 Å². The summed E-state index contributed by atoms with van der Waals surface area (Å²) in [4.78, 5) is 27.6. The molecule has 6 heteroatoms. The van der Waals surface area contributed by atoms with Gasteiger partial charge in [-0.2, -0.15) is 0 Å². The lowest BCUT2D eigenvalue weighted by Gasteiger charge is -2.07. The SMILES string of the molecule is Cc1ccc(NC(=O)CNC(=O)c2ccccc2Cl)nc1. The molecule has 2 N–H and O–H groups in total. The molecule has 1 aromatic carbocycles. The number of halogens is 1. The van der Waals surface area contributed by atoms with Crippen LogP contribution in [0.15, 0.2) is 42.6 Å². The summed E-state index contributed by atoms with van der Waals surface area (Å²) in [7, 11) is 0. The average molecular weight is 304 g/mol. The van der Waals surface area contributed by atoms with Gasteiger partial charge >= 0.3 is 0 Å². The number of aryl methyl sites for hydroxylation is 1. The lowest BCUT2D eigenvalue weighted by Crippen LogP contribution is -2.33. The number of benzene rings is 1. The summed E-state index contributed by atoms with van der Waals surface area (Å²) in [5, 5.41) is 5.44. The molecule has 1 heterocycles. The highest BCUT2D eigenvalue weighted by molar-refractivity contribution is 6.33. The van der Waals surface area contributed by atoms with Gasteiger partial charge in [0.2, 0.25) is 5.91 Å². The van der Waals surface area contributed by atoms with E-state index in [1.165, 1.54) is 0 Å². The average Bonchev–Trinajstić information content (AvgIpc) is 2.48. The van der Waals surface area contributed by atoms with Crippen LogP contribution in [-0.4, -0.2) is 23.3 Å². The molecule has 0 radical (unpaired) electrons. The van der Waals surface area contributed by atoms with Gasteiger partial charge < -0.3 is 10.6 Å². The Hall–Kier alpha value is -2.40. The number of nitrogens with one attached hydrogen (secondary N) is 2. The Kier molecular flexibility index (Phi) is 4.90. The molecule has 0 atom stereocenters. The van der Waals surface area contributed by atoms with Crippen LogP contribution < -0.4 is 10.6 Å².